The molecule has 0 fully saturated rings. The van der Waals surface area contributed by atoms with Crippen molar-refractivity contribution in [3.05, 3.63) is 24.5 Å². The molecule has 1 heterocycles. The van der Waals surface area contributed by atoms with Crippen LogP contribution in [-0.2, 0) is 9.53 Å². The third-order valence-electron chi connectivity index (χ3n) is 2.97. The van der Waals surface area contributed by atoms with Crippen LogP contribution in [0.4, 0.5) is 0 Å². The van der Waals surface area contributed by atoms with Crippen molar-refractivity contribution in [1.29, 1.82) is 0 Å². The summed E-state index contributed by atoms with van der Waals surface area (Å²) in [4.78, 5) is 11.6. The minimum absolute atomic E-state index is 0.107. The Morgan fingerprint density at radius 1 is 1.65 bits per heavy atom. The van der Waals surface area contributed by atoms with E-state index in [2.05, 4.69) is 27.4 Å². The lowest BCUT2D eigenvalue weighted by atomic mass is 9.91. The molecule has 17 heavy (non-hydrogen) atoms. The summed E-state index contributed by atoms with van der Waals surface area (Å²) in [6, 6.07) is 0. The minimum atomic E-state index is -0.186. The van der Waals surface area contributed by atoms with E-state index in [0.717, 1.165) is 12.2 Å². The number of carbonyl (C=O) groups excluding carboxylic acids is 1. The van der Waals surface area contributed by atoms with Crippen molar-refractivity contribution in [2.75, 3.05) is 6.61 Å². The van der Waals surface area contributed by atoms with Gasteiger partial charge in [0.1, 0.15) is 12.4 Å². The molecule has 1 unspecified atom stereocenters. The van der Waals surface area contributed by atoms with Gasteiger partial charge in [-0.3, -0.25) is 4.79 Å². The lowest BCUT2D eigenvalue weighted by Gasteiger charge is -2.28. The van der Waals surface area contributed by atoms with Crippen molar-refractivity contribution >= 4 is 16.9 Å². The van der Waals surface area contributed by atoms with Crippen molar-refractivity contribution in [1.82, 2.24) is 0 Å². The van der Waals surface area contributed by atoms with E-state index in [-0.39, 0.29) is 9.86 Å². The fraction of sp³-hybridized carbons (Fsp3) is 0.643. The van der Waals surface area contributed by atoms with Gasteiger partial charge < -0.3 is 4.74 Å². The van der Waals surface area contributed by atoms with Gasteiger partial charge in [0.25, 0.3) is 0 Å². The molecule has 0 aromatic heterocycles. The number of hydrogen-bond donors (Lipinski definition) is 0. The summed E-state index contributed by atoms with van der Waals surface area (Å²) in [6.07, 6.45) is 6.71. The third-order valence-corrected chi connectivity index (χ3v) is 4.11. The number of thioether (sulfide) groups is 1. The van der Waals surface area contributed by atoms with Gasteiger partial charge in [-0.05, 0) is 19.3 Å². The summed E-state index contributed by atoms with van der Waals surface area (Å²) in [5.74, 6) is 1.43. The Balaban J connectivity index is 2.68. The second-order valence-corrected chi connectivity index (χ2v) is 6.37. The van der Waals surface area contributed by atoms with E-state index in [1.54, 1.807) is 12.2 Å². The van der Waals surface area contributed by atoms with Gasteiger partial charge in [-0.1, -0.05) is 51.1 Å². The highest BCUT2D eigenvalue weighted by Gasteiger charge is 2.40. The Bertz CT molecular complexity index is 322. The SMILES string of the molecule is C=CCOC1=CC(=O)S[C@]1(C)CC(C)CCC. The predicted molar refractivity (Wildman–Crippen MR) is 73.9 cm³/mol. The molecule has 0 bridgehead atoms. The lowest BCUT2D eigenvalue weighted by Crippen LogP contribution is -2.25. The molecule has 96 valence electrons. The number of rotatable bonds is 7. The summed E-state index contributed by atoms with van der Waals surface area (Å²) in [6.45, 7) is 10.6. The summed E-state index contributed by atoms with van der Waals surface area (Å²) in [7, 11) is 0. The van der Waals surface area contributed by atoms with Gasteiger partial charge in [-0.2, -0.15) is 0 Å². The Hall–Kier alpha value is -0.700. The maximum absolute atomic E-state index is 11.6. The largest absolute Gasteiger partial charge is 0.492 e. The molecule has 0 amide bonds. The molecule has 0 spiro atoms. The van der Waals surface area contributed by atoms with Crippen LogP contribution in [0.25, 0.3) is 0 Å². The zero-order chi connectivity index (χ0) is 12.9. The highest BCUT2D eigenvalue weighted by atomic mass is 32.2. The highest BCUT2D eigenvalue weighted by molar-refractivity contribution is 8.15. The number of ether oxygens (including phenoxy) is 1. The van der Waals surface area contributed by atoms with Gasteiger partial charge in [0.2, 0.25) is 5.12 Å². The van der Waals surface area contributed by atoms with Crippen LogP contribution in [0.3, 0.4) is 0 Å². The molecule has 3 heteroatoms. The molecule has 0 saturated heterocycles. The quantitative estimate of drug-likeness (QED) is 0.644. The van der Waals surface area contributed by atoms with E-state index in [0.29, 0.717) is 12.5 Å². The van der Waals surface area contributed by atoms with Crippen LogP contribution < -0.4 is 0 Å². The molecule has 0 aromatic carbocycles. The first-order valence-electron chi connectivity index (χ1n) is 6.20. The van der Waals surface area contributed by atoms with Crippen LogP contribution >= 0.6 is 11.8 Å². The molecule has 1 aliphatic rings. The van der Waals surface area contributed by atoms with Crippen LogP contribution in [0, 0.1) is 5.92 Å². The topological polar surface area (TPSA) is 26.3 Å². The second-order valence-electron chi connectivity index (χ2n) is 4.86. The Morgan fingerprint density at radius 2 is 2.35 bits per heavy atom. The van der Waals surface area contributed by atoms with Gasteiger partial charge in [0.05, 0.1) is 4.75 Å². The average Bonchev–Trinajstić information content (AvgIpc) is 2.50. The summed E-state index contributed by atoms with van der Waals surface area (Å²) >= 11 is 1.39. The zero-order valence-electron chi connectivity index (χ0n) is 11.0. The third kappa shape index (κ3) is 3.91. The van der Waals surface area contributed by atoms with Crippen molar-refractivity contribution in [3.8, 4) is 0 Å². The van der Waals surface area contributed by atoms with E-state index < -0.39 is 0 Å². The minimum Gasteiger partial charge on any atom is -0.492 e. The average molecular weight is 254 g/mol. The van der Waals surface area contributed by atoms with Gasteiger partial charge in [-0.25, -0.2) is 0 Å². The molecule has 1 rings (SSSR count). The number of carbonyl (C=O) groups is 1. The molecule has 0 aromatic rings. The molecule has 0 radical (unpaired) electrons. The molecule has 2 nitrogen and oxygen atoms in total. The van der Waals surface area contributed by atoms with E-state index in [1.165, 1.54) is 24.6 Å². The van der Waals surface area contributed by atoms with Gasteiger partial charge in [0, 0.05) is 6.08 Å². The van der Waals surface area contributed by atoms with E-state index >= 15 is 0 Å². The van der Waals surface area contributed by atoms with E-state index in [1.807, 2.05) is 0 Å². The molecule has 0 N–H and O–H groups in total. The monoisotopic (exact) mass is 254 g/mol. The summed E-state index contributed by atoms with van der Waals surface area (Å²) in [5, 5.41) is 0.107. The molecule has 0 saturated carbocycles. The van der Waals surface area contributed by atoms with Crippen LogP contribution in [0.2, 0.25) is 0 Å². The van der Waals surface area contributed by atoms with Crippen molar-refractivity contribution < 1.29 is 9.53 Å². The fourth-order valence-electron chi connectivity index (χ4n) is 2.31. The van der Waals surface area contributed by atoms with Gasteiger partial charge in [-0.15, -0.1) is 0 Å². The summed E-state index contributed by atoms with van der Waals surface area (Å²) in [5.41, 5.74) is 0. The van der Waals surface area contributed by atoms with E-state index in [4.69, 9.17) is 4.74 Å². The van der Waals surface area contributed by atoms with Crippen LogP contribution in [0.1, 0.15) is 40.0 Å². The standard InChI is InChI=1S/C14H22O2S/c1-5-7-11(3)10-14(4)12(16-8-6-2)9-13(15)17-14/h6,9,11H,2,5,7-8,10H2,1,3-4H3/t11?,14-/m1/s1. The van der Waals surface area contributed by atoms with Gasteiger partial charge >= 0.3 is 0 Å². The van der Waals surface area contributed by atoms with Crippen LogP contribution in [0.15, 0.2) is 24.5 Å². The van der Waals surface area contributed by atoms with Gasteiger partial charge in [0.15, 0.2) is 0 Å². The first-order chi connectivity index (χ1) is 8.01. The maximum atomic E-state index is 11.6. The Morgan fingerprint density at radius 3 is 2.94 bits per heavy atom. The van der Waals surface area contributed by atoms with Crippen LogP contribution in [0.5, 0.6) is 0 Å². The second kappa shape index (κ2) is 6.29. The van der Waals surface area contributed by atoms with Crippen molar-refractivity contribution in [2.24, 2.45) is 5.92 Å². The van der Waals surface area contributed by atoms with E-state index in [9.17, 15) is 4.79 Å². The Kier molecular flexibility index (Phi) is 5.31. The summed E-state index contributed by atoms with van der Waals surface area (Å²) < 4.78 is 5.43. The molecular weight excluding hydrogens is 232 g/mol. The lowest BCUT2D eigenvalue weighted by molar-refractivity contribution is -0.107. The highest BCUT2D eigenvalue weighted by Crippen LogP contribution is 2.45. The molecule has 2 atom stereocenters. The molecule has 1 aliphatic heterocycles. The smallest absolute Gasteiger partial charge is 0.216 e. The Labute approximate surface area is 108 Å². The first-order valence-corrected chi connectivity index (χ1v) is 7.02. The predicted octanol–water partition coefficient (Wildman–Crippen LogP) is 3.93. The van der Waals surface area contributed by atoms with Crippen molar-refractivity contribution in [2.45, 2.75) is 44.8 Å². The van der Waals surface area contributed by atoms with Crippen LogP contribution in [-0.4, -0.2) is 16.5 Å². The maximum Gasteiger partial charge on any atom is 0.216 e. The normalized spacial score (nSPS) is 25.6. The first kappa shape index (κ1) is 14.4. The molecule has 0 aliphatic carbocycles. The van der Waals surface area contributed by atoms with Crippen molar-refractivity contribution in [3.63, 3.8) is 0 Å². The fourth-order valence-corrected chi connectivity index (χ4v) is 3.50. The zero-order valence-corrected chi connectivity index (χ0v) is 11.8. The number of hydrogen-bond acceptors (Lipinski definition) is 3. The molecular formula is C14H22O2S.